The van der Waals surface area contributed by atoms with E-state index in [1.54, 1.807) is 0 Å². The zero-order chi connectivity index (χ0) is 16.0. The predicted molar refractivity (Wildman–Crippen MR) is 83.9 cm³/mol. The molecule has 2 atom stereocenters. The summed E-state index contributed by atoms with van der Waals surface area (Å²) in [6.45, 7) is 9.25. The third-order valence-electron chi connectivity index (χ3n) is 5.06. The molecule has 0 radical (unpaired) electrons. The zero-order valence-electron chi connectivity index (χ0n) is 13.9. The van der Waals surface area contributed by atoms with E-state index in [1.165, 1.54) is 0 Å². The van der Waals surface area contributed by atoms with Crippen LogP contribution >= 0.6 is 0 Å². The van der Waals surface area contributed by atoms with Crippen molar-refractivity contribution < 1.29 is 14.7 Å². The van der Waals surface area contributed by atoms with Gasteiger partial charge >= 0.3 is 5.97 Å². The number of amides is 1. The number of carboxylic acid groups (broad SMARTS) is 1. The Morgan fingerprint density at radius 1 is 1.29 bits per heavy atom. The first-order valence-corrected chi connectivity index (χ1v) is 8.23. The van der Waals surface area contributed by atoms with Gasteiger partial charge < -0.3 is 10.4 Å². The summed E-state index contributed by atoms with van der Waals surface area (Å²) in [5.41, 5.74) is 0.116. The van der Waals surface area contributed by atoms with E-state index in [0.29, 0.717) is 24.8 Å². The number of rotatable bonds is 8. The Morgan fingerprint density at radius 3 is 2.43 bits per heavy atom. The lowest BCUT2D eigenvalue weighted by Gasteiger charge is -2.26. The second kappa shape index (κ2) is 7.81. The summed E-state index contributed by atoms with van der Waals surface area (Å²) in [6.07, 6.45) is 5.02. The number of hydrogen-bond donors (Lipinski definition) is 2. The Kier molecular flexibility index (Phi) is 6.69. The first-order valence-electron chi connectivity index (χ1n) is 8.23. The van der Waals surface area contributed by atoms with Crippen molar-refractivity contribution in [1.82, 2.24) is 5.32 Å². The summed E-state index contributed by atoms with van der Waals surface area (Å²) in [4.78, 5) is 23.0. The third kappa shape index (κ3) is 5.68. The minimum absolute atomic E-state index is 0.116. The smallest absolute Gasteiger partial charge is 0.303 e. The van der Waals surface area contributed by atoms with Gasteiger partial charge in [0.2, 0.25) is 5.91 Å². The van der Waals surface area contributed by atoms with Gasteiger partial charge in [-0.25, -0.2) is 0 Å². The molecule has 1 fully saturated rings. The number of carbonyl (C=O) groups is 2. The van der Waals surface area contributed by atoms with E-state index in [-0.39, 0.29) is 23.7 Å². The van der Waals surface area contributed by atoms with E-state index < -0.39 is 5.97 Å². The average molecular weight is 297 g/mol. The Balaban J connectivity index is 2.36. The fraction of sp³-hybridized carbons (Fsp3) is 0.882. The normalized spacial score (nSPS) is 22.2. The van der Waals surface area contributed by atoms with E-state index in [1.807, 2.05) is 0 Å². The van der Waals surface area contributed by atoms with Crippen LogP contribution in [0.5, 0.6) is 0 Å². The van der Waals surface area contributed by atoms with Gasteiger partial charge in [0.15, 0.2) is 0 Å². The second-order valence-electron chi connectivity index (χ2n) is 7.45. The highest BCUT2D eigenvalue weighted by Gasteiger charge is 2.39. The Labute approximate surface area is 128 Å². The fourth-order valence-corrected chi connectivity index (χ4v) is 3.44. The van der Waals surface area contributed by atoms with Gasteiger partial charge in [-0.15, -0.1) is 0 Å². The topological polar surface area (TPSA) is 66.4 Å². The summed E-state index contributed by atoms with van der Waals surface area (Å²) in [6, 6.07) is 0. The van der Waals surface area contributed by atoms with Crippen LogP contribution in [-0.4, -0.2) is 23.5 Å². The van der Waals surface area contributed by atoms with Gasteiger partial charge in [-0.2, -0.15) is 0 Å². The molecule has 21 heavy (non-hydrogen) atoms. The van der Waals surface area contributed by atoms with Gasteiger partial charge in [-0.05, 0) is 42.9 Å². The summed E-state index contributed by atoms with van der Waals surface area (Å²) in [5, 5.41) is 11.9. The van der Waals surface area contributed by atoms with Gasteiger partial charge in [-0.1, -0.05) is 34.1 Å². The van der Waals surface area contributed by atoms with Crippen molar-refractivity contribution in [2.75, 3.05) is 6.54 Å². The van der Waals surface area contributed by atoms with E-state index >= 15 is 0 Å². The molecule has 1 saturated carbocycles. The van der Waals surface area contributed by atoms with Crippen LogP contribution in [0.3, 0.4) is 0 Å². The number of aliphatic carboxylic acids is 1. The lowest BCUT2D eigenvalue weighted by atomic mass is 9.81. The van der Waals surface area contributed by atoms with Crippen molar-refractivity contribution in [3.63, 3.8) is 0 Å². The molecule has 0 bridgehead atoms. The minimum atomic E-state index is -0.739. The quantitative estimate of drug-likeness (QED) is 0.721. The molecule has 1 rings (SSSR count). The number of carbonyl (C=O) groups excluding carboxylic acids is 1. The van der Waals surface area contributed by atoms with Crippen molar-refractivity contribution in [3.05, 3.63) is 0 Å². The Hall–Kier alpha value is -1.06. The molecular weight excluding hydrogens is 266 g/mol. The Morgan fingerprint density at radius 2 is 1.95 bits per heavy atom. The van der Waals surface area contributed by atoms with Gasteiger partial charge in [-0.3, -0.25) is 9.59 Å². The Bertz CT molecular complexity index is 363. The van der Waals surface area contributed by atoms with Crippen LogP contribution in [-0.2, 0) is 9.59 Å². The molecular formula is C17H31NO3. The van der Waals surface area contributed by atoms with Gasteiger partial charge in [0.05, 0.1) is 0 Å². The predicted octanol–water partition coefficient (Wildman–Crippen LogP) is 3.46. The molecule has 2 unspecified atom stereocenters. The monoisotopic (exact) mass is 297 g/mol. The molecule has 1 amide bonds. The molecule has 1 aliphatic rings. The molecule has 0 saturated heterocycles. The minimum Gasteiger partial charge on any atom is -0.481 e. The highest BCUT2D eigenvalue weighted by Crippen LogP contribution is 2.42. The number of hydrogen-bond acceptors (Lipinski definition) is 2. The lowest BCUT2D eigenvalue weighted by Crippen LogP contribution is -2.37. The number of carboxylic acids is 1. The summed E-state index contributed by atoms with van der Waals surface area (Å²) in [5.74, 6) is 0.381. The van der Waals surface area contributed by atoms with Crippen molar-refractivity contribution in [3.8, 4) is 0 Å². The van der Waals surface area contributed by atoms with Crippen LogP contribution in [0, 0.1) is 23.2 Å². The molecule has 0 aromatic heterocycles. The van der Waals surface area contributed by atoms with E-state index in [4.69, 9.17) is 5.11 Å². The van der Waals surface area contributed by atoms with E-state index in [2.05, 4.69) is 33.0 Å². The molecule has 1 aliphatic carbocycles. The molecule has 0 heterocycles. The van der Waals surface area contributed by atoms with E-state index in [9.17, 15) is 9.59 Å². The van der Waals surface area contributed by atoms with Crippen LogP contribution < -0.4 is 5.32 Å². The number of nitrogens with one attached hydrogen (secondary N) is 1. The molecule has 0 aromatic rings. The van der Waals surface area contributed by atoms with E-state index in [0.717, 1.165) is 25.7 Å². The first kappa shape index (κ1) is 18.0. The van der Waals surface area contributed by atoms with Crippen molar-refractivity contribution in [2.24, 2.45) is 23.2 Å². The highest BCUT2D eigenvalue weighted by atomic mass is 16.4. The standard InChI is InChI=1S/C17H31NO3/c1-12(2)13(7-8-15(19)20)9-11-18-16(21)14-6-5-10-17(14,3)4/h12-14H,5-11H2,1-4H3,(H,18,21)(H,19,20). The molecule has 0 aliphatic heterocycles. The fourth-order valence-electron chi connectivity index (χ4n) is 3.44. The third-order valence-corrected chi connectivity index (χ3v) is 5.06. The molecule has 122 valence electrons. The average Bonchev–Trinajstić information content (AvgIpc) is 2.72. The van der Waals surface area contributed by atoms with Crippen molar-refractivity contribution >= 4 is 11.9 Å². The van der Waals surface area contributed by atoms with Crippen molar-refractivity contribution in [2.45, 2.75) is 66.2 Å². The molecule has 0 spiro atoms. The summed E-state index contributed by atoms with van der Waals surface area (Å²) >= 11 is 0. The maximum atomic E-state index is 12.3. The summed E-state index contributed by atoms with van der Waals surface area (Å²) < 4.78 is 0. The van der Waals surface area contributed by atoms with Gasteiger partial charge in [0.1, 0.15) is 0 Å². The van der Waals surface area contributed by atoms with Gasteiger partial charge in [0, 0.05) is 18.9 Å². The maximum Gasteiger partial charge on any atom is 0.303 e. The molecule has 2 N–H and O–H groups in total. The molecule has 4 nitrogen and oxygen atoms in total. The van der Waals surface area contributed by atoms with Crippen LogP contribution in [0.4, 0.5) is 0 Å². The van der Waals surface area contributed by atoms with Crippen LogP contribution in [0.2, 0.25) is 0 Å². The highest BCUT2D eigenvalue weighted by molar-refractivity contribution is 5.79. The van der Waals surface area contributed by atoms with Crippen LogP contribution in [0.1, 0.15) is 66.2 Å². The first-order chi connectivity index (χ1) is 9.74. The summed E-state index contributed by atoms with van der Waals surface area (Å²) in [7, 11) is 0. The lowest BCUT2D eigenvalue weighted by molar-refractivity contribution is -0.137. The van der Waals surface area contributed by atoms with Crippen LogP contribution in [0.25, 0.3) is 0 Å². The van der Waals surface area contributed by atoms with Crippen molar-refractivity contribution in [1.29, 1.82) is 0 Å². The second-order valence-corrected chi connectivity index (χ2v) is 7.45. The molecule has 4 heteroatoms. The largest absolute Gasteiger partial charge is 0.481 e. The SMILES string of the molecule is CC(C)C(CCNC(=O)C1CCCC1(C)C)CCC(=O)O. The zero-order valence-corrected chi connectivity index (χ0v) is 13.9. The molecule has 0 aromatic carbocycles. The van der Waals surface area contributed by atoms with Crippen LogP contribution in [0.15, 0.2) is 0 Å². The van der Waals surface area contributed by atoms with Gasteiger partial charge in [0.25, 0.3) is 0 Å². The maximum absolute atomic E-state index is 12.3.